The Morgan fingerprint density at radius 1 is 1.21 bits per heavy atom. The van der Waals surface area contributed by atoms with Crippen LogP contribution in [0.2, 0.25) is 0 Å². The van der Waals surface area contributed by atoms with E-state index in [9.17, 15) is 4.79 Å². The Morgan fingerprint density at radius 3 is 2.54 bits per heavy atom. The first kappa shape index (κ1) is 16.4. The van der Waals surface area contributed by atoms with Crippen molar-refractivity contribution in [1.29, 1.82) is 0 Å². The predicted octanol–water partition coefficient (Wildman–Crippen LogP) is 3.67. The molecular weight excluding hydrogens is 306 g/mol. The maximum Gasteiger partial charge on any atom is 0.257 e. The smallest absolute Gasteiger partial charge is 0.257 e. The molecule has 1 aliphatic heterocycles. The average molecular weight is 329 g/mol. The zero-order valence-electron chi connectivity index (χ0n) is 14.2. The number of likely N-dealkylation sites (tertiary alicyclic amines) is 1. The Morgan fingerprint density at radius 2 is 1.92 bits per heavy atom. The van der Waals surface area contributed by atoms with Crippen LogP contribution in [0, 0.1) is 6.92 Å². The lowest BCUT2D eigenvalue weighted by Crippen LogP contribution is -2.41. The van der Waals surface area contributed by atoms with E-state index in [1.807, 2.05) is 43.0 Å². The Balaban J connectivity index is 1.58. The minimum absolute atomic E-state index is 0.0365. The van der Waals surface area contributed by atoms with Crippen LogP contribution in [-0.4, -0.2) is 36.6 Å². The number of nitrogens with zero attached hydrogens (tertiary/aromatic N) is 1. The van der Waals surface area contributed by atoms with Gasteiger partial charge in [0.25, 0.3) is 5.91 Å². The lowest BCUT2D eigenvalue weighted by molar-refractivity contribution is 0.0588. The van der Waals surface area contributed by atoms with Crippen LogP contribution in [0.3, 0.4) is 0 Å². The van der Waals surface area contributed by atoms with Gasteiger partial charge in [0.1, 0.15) is 11.9 Å². The summed E-state index contributed by atoms with van der Waals surface area (Å²) in [4.78, 5) is 14.4. The fraction of sp³-hybridized carbons (Fsp3) is 0.421. The largest absolute Gasteiger partial charge is 0.490 e. The minimum Gasteiger partial charge on any atom is -0.490 e. The van der Waals surface area contributed by atoms with Gasteiger partial charge in [0.15, 0.2) is 11.5 Å². The Kier molecular flexibility index (Phi) is 5.08. The SMILES string of the molecule is CCOc1ccccc1OC1CCN(C(=O)c2ccoc2C)CC1. The van der Waals surface area contributed by atoms with Gasteiger partial charge in [-0.2, -0.15) is 0 Å². The van der Waals surface area contributed by atoms with Gasteiger partial charge in [-0.1, -0.05) is 12.1 Å². The summed E-state index contributed by atoms with van der Waals surface area (Å²) in [5.74, 6) is 2.25. The maximum atomic E-state index is 12.5. The van der Waals surface area contributed by atoms with Gasteiger partial charge in [-0.05, 0) is 32.0 Å². The van der Waals surface area contributed by atoms with Gasteiger partial charge in [-0.25, -0.2) is 0 Å². The number of hydrogen-bond acceptors (Lipinski definition) is 4. The van der Waals surface area contributed by atoms with E-state index in [2.05, 4.69) is 0 Å². The molecule has 2 aromatic rings. The van der Waals surface area contributed by atoms with Crippen molar-refractivity contribution in [3.8, 4) is 11.5 Å². The fourth-order valence-corrected chi connectivity index (χ4v) is 2.96. The van der Waals surface area contributed by atoms with Crippen LogP contribution in [0.5, 0.6) is 11.5 Å². The third kappa shape index (κ3) is 3.55. The number of rotatable bonds is 5. The number of para-hydroxylation sites is 2. The van der Waals surface area contributed by atoms with Gasteiger partial charge < -0.3 is 18.8 Å². The molecular formula is C19H23NO4. The van der Waals surface area contributed by atoms with E-state index in [0.717, 1.165) is 24.3 Å². The third-order valence-electron chi connectivity index (χ3n) is 4.26. The summed E-state index contributed by atoms with van der Waals surface area (Å²) in [6.07, 6.45) is 3.27. The van der Waals surface area contributed by atoms with Crippen molar-refractivity contribution >= 4 is 5.91 Å². The summed E-state index contributed by atoms with van der Waals surface area (Å²) >= 11 is 0. The molecule has 0 radical (unpaired) electrons. The monoisotopic (exact) mass is 329 g/mol. The van der Waals surface area contributed by atoms with E-state index in [1.54, 1.807) is 12.3 Å². The first-order valence-electron chi connectivity index (χ1n) is 8.41. The van der Waals surface area contributed by atoms with Crippen LogP contribution in [0.15, 0.2) is 41.0 Å². The van der Waals surface area contributed by atoms with Crippen molar-refractivity contribution in [2.45, 2.75) is 32.8 Å². The molecule has 0 saturated carbocycles. The Bertz CT molecular complexity index is 686. The first-order chi connectivity index (χ1) is 11.7. The molecule has 0 spiro atoms. The number of aryl methyl sites for hydroxylation is 1. The van der Waals surface area contributed by atoms with E-state index in [4.69, 9.17) is 13.9 Å². The number of hydrogen-bond donors (Lipinski definition) is 0. The topological polar surface area (TPSA) is 51.9 Å². The quantitative estimate of drug-likeness (QED) is 0.840. The van der Waals surface area contributed by atoms with Gasteiger partial charge in [0.05, 0.1) is 18.4 Å². The van der Waals surface area contributed by atoms with Crippen molar-refractivity contribution in [2.24, 2.45) is 0 Å². The number of benzene rings is 1. The number of furan rings is 1. The molecule has 2 heterocycles. The second kappa shape index (κ2) is 7.43. The van der Waals surface area contributed by atoms with Crippen LogP contribution in [0.4, 0.5) is 0 Å². The summed E-state index contributed by atoms with van der Waals surface area (Å²) in [5.41, 5.74) is 0.649. The molecule has 0 atom stereocenters. The summed E-state index contributed by atoms with van der Waals surface area (Å²) in [7, 11) is 0. The van der Waals surface area contributed by atoms with Crippen molar-refractivity contribution in [2.75, 3.05) is 19.7 Å². The van der Waals surface area contributed by atoms with E-state index in [1.165, 1.54) is 0 Å². The second-order valence-electron chi connectivity index (χ2n) is 5.88. The van der Waals surface area contributed by atoms with Crippen LogP contribution in [0.1, 0.15) is 35.9 Å². The number of piperidine rings is 1. The third-order valence-corrected chi connectivity index (χ3v) is 4.26. The van der Waals surface area contributed by atoms with Crippen molar-refractivity contribution in [3.63, 3.8) is 0 Å². The molecule has 3 rings (SSSR count). The number of amides is 1. The van der Waals surface area contributed by atoms with Crippen LogP contribution in [-0.2, 0) is 0 Å². The van der Waals surface area contributed by atoms with E-state index in [-0.39, 0.29) is 12.0 Å². The van der Waals surface area contributed by atoms with Crippen LogP contribution < -0.4 is 9.47 Å². The number of carbonyl (C=O) groups is 1. The van der Waals surface area contributed by atoms with Gasteiger partial charge in [-0.3, -0.25) is 4.79 Å². The lowest BCUT2D eigenvalue weighted by atomic mass is 10.1. The van der Waals surface area contributed by atoms with Crippen molar-refractivity contribution < 1.29 is 18.7 Å². The highest BCUT2D eigenvalue weighted by atomic mass is 16.5. The van der Waals surface area contributed by atoms with Crippen molar-refractivity contribution in [3.05, 3.63) is 47.9 Å². The van der Waals surface area contributed by atoms with E-state index < -0.39 is 0 Å². The molecule has 1 amide bonds. The molecule has 24 heavy (non-hydrogen) atoms. The summed E-state index contributed by atoms with van der Waals surface area (Å²) in [6.45, 7) is 5.75. The van der Waals surface area contributed by atoms with E-state index >= 15 is 0 Å². The molecule has 0 unspecified atom stereocenters. The first-order valence-corrected chi connectivity index (χ1v) is 8.41. The zero-order valence-corrected chi connectivity index (χ0v) is 14.2. The Hall–Kier alpha value is -2.43. The molecule has 1 saturated heterocycles. The van der Waals surface area contributed by atoms with Crippen molar-refractivity contribution in [1.82, 2.24) is 4.90 Å². The average Bonchev–Trinajstić information content (AvgIpc) is 3.03. The Labute approximate surface area is 142 Å². The van der Waals surface area contributed by atoms with Gasteiger partial charge in [-0.15, -0.1) is 0 Å². The predicted molar refractivity (Wildman–Crippen MR) is 90.6 cm³/mol. The maximum absolute atomic E-state index is 12.5. The molecule has 1 aliphatic rings. The highest BCUT2D eigenvalue weighted by Crippen LogP contribution is 2.29. The number of ether oxygens (including phenoxy) is 2. The summed E-state index contributed by atoms with van der Waals surface area (Å²) in [6, 6.07) is 9.46. The van der Waals surface area contributed by atoms with Gasteiger partial charge >= 0.3 is 0 Å². The van der Waals surface area contributed by atoms with Gasteiger partial charge in [0.2, 0.25) is 0 Å². The summed E-state index contributed by atoms with van der Waals surface area (Å²) < 4.78 is 16.9. The molecule has 1 aromatic heterocycles. The highest BCUT2D eigenvalue weighted by molar-refractivity contribution is 5.95. The lowest BCUT2D eigenvalue weighted by Gasteiger charge is -2.32. The molecule has 1 aromatic carbocycles. The van der Waals surface area contributed by atoms with Crippen LogP contribution in [0.25, 0.3) is 0 Å². The fourth-order valence-electron chi connectivity index (χ4n) is 2.96. The van der Waals surface area contributed by atoms with E-state index in [0.29, 0.717) is 31.0 Å². The van der Waals surface area contributed by atoms with Gasteiger partial charge in [0, 0.05) is 25.9 Å². The van der Waals surface area contributed by atoms with Crippen LogP contribution >= 0.6 is 0 Å². The molecule has 5 heteroatoms. The highest BCUT2D eigenvalue weighted by Gasteiger charge is 2.26. The molecule has 0 aliphatic carbocycles. The molecule has 128 valence electrons. The minimum atomic E-state index is 0.0365. The molecule has 5 nitrogen and oxygen atoms in total. The number of carbonyl (C=O) groups excluding carboxylic acids is 1. The molecule has 1 fully saturated rings. The summed E-state index contributed by atoms with van der Waals surface area (Å²) in [5, 5.41) is 0. The zero-order chi connectivity index (χ0) is 16.9. The normalized spacial score (nSPS) is 15.3. The second-order valence-corrected chi connectivity index (χ2v) is 5.88. The standard InChI is InChI=1S/C19H23NO4/c1-3-22-17-6-4-5-7-18(17)24-15-8-11-20(12-9-15)19(21)16-10-13-23-14(16)2/h4-7,10,13,15H,3,8-9,11-12H2,1-2H3. The molecule has 0 N–H and O–H groups in total. The molecule has 0 bridgehead atoms.